The minimum Gasteiger partial charge on any atom is -0.467 e. The van der Waals surface area contributed by atoms with Crippen LogP contribution in [0, 0.1) is 5.82 Å². The van der Waals surface area contributed by atoms with Gasteiger partial charge in [0, 0.05) is 12.4 Å². The number of nitrogens with one attached hydrogen (secondary N) is 1. The van der Waals surface area contributed by atoms with E-state index in [1.165, 1.54) is 16.9 Å². The summed E-state index contributed by atoms with van der Waals surface area (Å²) in [4.78, 5) is 12.7. The number of hydrogen-bond donors (Lipinski definition) is 1. The normalized spacial score (nSPS) is 10.8. The summed E-state index contributed by atoms with van der Waals surface area (Å²) in [5, 5.41) is 7.03. The van der Waals surface area contributed by atoms with Crippen molar-refractivity contribution in [2.75, 3.05) is 0 Å². The summed E-state index contributed by atoms with van der Waals surface area (Å²) in [6.07, 6.45) is 6.53. The molecule has 1 aromatic carbocycles. The smallest absolute Gasteiger partial charge is 0.257 e. The molecule has 7 heteroatoms. The first-order valence-electron chi connectivity index (χ1n) is 8.01. The number of carbonyl (C=O) groups excluding carboxylic acids is 1. The third-order valence-electron chi connectivity index (χ3n) is 3.92. The highest BCUT2D eigenvalue weighted by Crippen LogP contribution is 2.21. The molecule has 0 aliphatic rings. The van der Waals surface area contributed by atoms with Crippen LogP contribution in [0.25, 0.3) is 11.5 Å². The van der Waals surface area contributed by atoms with Gasteiger partial charge in [-0.15, -0.1) is 0 Å². The fourth-order valence-corrected chi connectivity index (χ4v) is 2.70. The van der Waals surface area contributed by atoms with Crippen molar-refractivity contribution in [2.45, 2.75) is 6.54 Å². The fraction of sp³-hybridized carbons (Fsp3) is 0.0526. The van der Waals surface area contributed by atoms with Gasteiger partial charge in [0.25, 0.3) is 5.91 Å². The third-order valence-corrected chi connectivity index (χ3v) is 3.92. The van der Waals surface area contributed by atoms with Gasteiger partial charge < -0.3 is 14.3 Å². The summed E-state index contributed by atoms with van der Waals surface area (Å²) < 4.78 is 22.6. The first-order chi connectivity index (χ1) is 12.7. The molecule has 0 bridgehead atoms. The summed E-state index contributed by atoms with van der Waals surface area (Å²) in [6.45, 7) is 0.252. The SMILES string of the molecule is O=C(NCc1ccco1)c1cnn(-c2ccccc2F)c1-n1cccc1. The Morgan fingerprint density at radius 3 is 2.65 bits per heavy atom. The molecule has 0 aliphatic heterocycles. The van der Waals surface area contributed by atoms with Crippen LogP contribution in [0.1, 0.15) is 16.1 Å². The van der Waals surface area contributed by atoms with E-state index in [2.05, 4.69) is 10.4 Å². The summed E-state index contributed by atoms with van der Waals surface area (Å²) in [7, 11) is 0. The molecule has 6 nitrogen and oxygen atoms in total. The van der Waals surface area contributed by atoms with E-state index in [9.17, 15) is 9.18 Å². The lowest BCUT2D eigenvalue weighted by Crippen LogP contribution is -2.24. The van der Waals surface area contributed by atoms with Crippen molar-refractivity contribution < 1.29 is 13.6 Å². The lowest BCUT2D eigenvalue weighted by atomic mass is 10.2. The van der Waals surface area contributed by atoms with Gasteiger partial charge in [0.1, 0.15) is 22.8 Å². The second-order valence-electron chi connectivity index (χ2n) is 5.60. The number of nitrogens with zero attached hydrogens (tertiary/aromatic N) is 3. The fourth-order valence-electron chi connectivity index (χ4n) is 2.70. The maximum absolute atomic E-state index is 14.3. The van der Waals surface area contributed by atoms with E-state index >= 15 is 0 Å². The lowest BCUT2D eigenvalue weighted by molar-refractivity contribution is 0.0948. The Bertz CT molecular complexity index is 1020. The van der Waals surface area contributed by atoms with E-state index in [1.54, 1.807) is 53.6 Å². The van der Waals surface area contributed by atoms with Gasteiger partial charge >= 0.3 is 0 Å². The quantitative estimate of drug-likeness (QED) is 0.600. The van der Waals surface area contributed by atoms with Crippen molar-refractivity contribution >= 4 is 5.91 Å². The number of carbonyl (C=O) groups is 1. The van der Waals surface area contributed by atoms with Gasteiger partial charge in [0.2, 0.25) is 0 Å². The predicted molar refractivity (Wildman–Crippen MR) is 92.7 cm³/mol. The van der Waals surface area contributed by atoms with Crippen LogP contribution in [-0.4, -0.2) is 20.3 Å². The zero-order chi connectivity index (χ0) is 17.9. The molecule has 0 saturated heterocycles. The van der Waals surface area contributed by atoms with Crippen molar-refractivity contribution in [1.29, 1.82) is 0 Å². The van der Waals surface area contributed by atoms with Crippen LogP contribution in [0.2, 0.25) is 0 Å². The van der Waals surface area contributed by atoms with E-state index in [0.29, 0.717) is 17.1 Å². The highest BCUT2D eigenvalue weighted by atomic mass is 19.1. The van der Waals surface area contributed by atoms with Crippen LogP contribution in [0.5, 0.6) is 0 Å². The third kappa shape index (κ3) is 2.90. The second kappa shape index (κ2) is 6.72. The Morgan fingerprint density at radius 1 is 1.12 bits per heavy atom. The van der Waals surface area contributed by atoms with Crippen molar-refractivity contribution in [3.05, 3.63) is 90.5 Å². The Morgan fingerprint density at radius 2 is 1.92 bits per heavy atom. The van der Waals surface area contributed by atoms with Crippen LogP contribution >= 0.6 is 0 Å². The summed E-state index contributed by atoms with van der Waals surface area (Å²) >= 11 is 0. The molecule has 0 fully saturated rings. The minimum atomic E-state index is -0.424. The van der Waals surface area contributed by atoms with E-state index < -0.39 is 5.82 Å². The summed E-state index contributed by atoms with van der Waals surface area (Å²) in [6, 6.07) is 13.5. The van der Waals surface area contributed by atoms with E-state index in [1.807, 2.05) is 12.1 Å². The van der Waals surface area contributed by atoms with Gasteiger partial charge in [-0.05, 0) is 36.4 Å². The Labute approximate surface area is 148 Å². The highest BCUT2D eigenvalue weighted by Gasteiger charge is 2.21. The number of benzene rings is 1. The second-order valence-corrected chi connectivity index (χ2v) is 5.60. The molecular formula is C19H15FN4O2. The maximum atomic E-state index is 14.3. The van der Waals surface area contributed by atoms with Gasteiger partial charge in [0.15, 0.2) is 5.82 Å². The predicted octanol–water partition coefficient (Wildman–Crippen LogP) is 3.33. The van der Waals surface area contributed by atoms with Crippen LogP contribution in [0.4, 0.5) is 4.39 Å². The van der Waals surface area contributed by atoms with Gasteiger partial charge in [-0.3, -0.25) is 4.79 Å². The zero-order valence-corrected chi connectivity index (χ0v) is 13.7. The molecule has 0 spiro atoms. The number of para-hydroxylation sites is 1. The van der Waals surface area contributed by atoms with Gasteiger partial charge in [0.05, 0.1) is 19.0 Å². The van der Waals surface area contributed by atoms with Crippen LogP contribution in [-0.2, 0) is 6.54 Å². The van der Waals surface area contributed by atoms with Crippen molar-refractivity contribution in [1.82, 2.24) is 19.7 Å². The number of aromatic nitrogens is 3. The Kier molecular flexibility index (Phi) is 4.10. The monoisotopic (exact) mass is 350 g/mol. The Hall–Kier alpha value is -3.61. The molecule has 0 radical (unpaired) electrons. The number of amides is 1. The highest BCUT2D eigenvalue weighted by molar-refractivity contribution is 5.97. The molecule has 0 saturated carbocycles. The van der Waals surface area contributed by atoms with Crippen molar-refractivity contribution in [3.8, 4) is 11.5 Å². The molecule has 130 valence electrons. The minimum absolute atomic E-state index is 0.252. The molecule has 26 heavy (non-hydrogen) atoms. The number of halogens is 1. The largest absolute Gasteiger partial charge is 0.467 e. The molecular weight excluding hydrogens is 335 g/mol. The molecule has 1 amide bonds. The molecule has 4 aromatic rings. The van der Waals surface area contributed by atoms with Crippen LogP contribution in [0.15, 0.2) is 77.8 Å². The van der Waals surface area contributed by atoms with Gasteiger partial charge in [-0.25, -0.2) is 9.07 Å². The summed E-state index contributed by atoms with van der Waals surface area (Å²) in [5.74, 6) is 0.346. The molecule has 1 N–H and O–H groups in total. The van der Waals surface area contributed by atoms with Gasteiger partial charge in [-0.1, -0.05) is 12.1 Å². The molecule has 0 atom stereocenters. The molecule has 3 heterocycles. The first-order valence-corrected chi connectivity index (χ1v) is 8.01. The average Bonchev–Trinajstić information content (AvgIpc) is 3.40. The summed E-state index contributed by atoms with van der Waals surface area (Å²) in [5.41, 5.74) is 0.595. The molecule has 0 aliphatic carbocycles. The van der Waals surface area contributed by atoms with Crippen molar-refractivity contribution in [3.63, 3.8) is 0 Å². The topological polar surface area (TPSA) is 65.0 Å². The van der Waals surface area contributed by atoms with Gasteiger partial charge in [-0.2, -0.15) is 5.10 Å². The van der Waals surface area contributed by atoms with Crippen molar-refractivity contribution in [2.24, 2.45) is 0 Å². The van der Waals surface area contributed by atoms with Crippen LogP contribution < -0.4 is 5.32 Å². The Balaban J connectivity index is 1.73. The maximum Gasteiger partial charge on any atom is 0.257 e. The number of furan rings is 1. The number of hydrogen-bond acceptors (Lipinski definition) is 3. The zero-order valence-electron chi connectivity index (χ0n) is 13.7. The van der Waals surface area contributed by atoms with E-state index in [-0.39, 0.29) is 18.1 Å². The standard InChI is InChI=1S/C19H15FN4O2/c20-16-7-1-2-8-17(16)24-19(23-9-3-4-10-23)15(13-22-24)18(25)21-12-14-6-5-11-26-14/h1-11,13H,12H2,(H,21,25). The lowest BCUT2D eigenvalue weighted by Gasteiger charge is -2.11. The van der Waals surface area contributed by atoms with E-state index in [4.69, 9.17) is 4.42 Å². The first kappa shape index (κ1) is 15.9. The number of rotatable bonds is 5. The average molecular weight is 350 g/mol. The molecule has 3 aromatic heterocycles. The van der Waals surface area contributed by atoms with Crippen LogP contribution in [0.3, 0.4) is 0 Å². The van der Waals surface area contributed by atoms with E-state index in [0.717, 1.165) is 0 Å². The molecule has 0 unspecified atom stereocenters. The molecule has 4 rings (SSSR count).